The Morgan fingerprint density at radius 1 is 0.906 bits per heavy atom. The molecular formula is C23H19Cl2N5O2. The second kappa shape index (κ2) is 8.00. The van der Waals surface area contributed by atoms with Gasteiger partial charge in [0.2, 0.25) is 5.91 Å². The Morgan fingerprint density at radius 2 is 1.62 bits per heavy atom. The van der Waals surface area contributed by atoms with Crippen molar-refractivity contribution in [2.75, 3.05) is 31.1 Å². The van der Waals surface area contributed by atoms with Crippen molar-refractivity contribution in [1.82, 2.24) is 15.1 Å². The molecule has 1 aromatic heterocycles. The van der Waals surface area contributed by atoms with E-state index in [0.717, 1.165) is 27.5 Å². The van der Waals surface area contributed by atoms with Crippen LogP contribution in [0, 0.1) is 0 Å². The maximum atomic E-state index is 12.9. The molecule has 0 saturated carbocycles. The monoisotopic (exact) mass is 467 g/mol. The maximum Gasteiger partial charge on any atom is 0.254 e. The van der Waals surface area contributed by atoms with Crippen LogP contribution in [0.1, 0.15) is 20.7 Å². The van der Waals surface area contributed by atoms with Crippen LogP contribution in [-0.2, 0) is 0 Å². The van der Waals surface area contributed by atoms with Gasteiger partial charge >= 0.3 is 0 Å². The molecule has 162 valence electrons. The molecule has 32 heavy (non-hydrogen) atoms. The molecule has 0 radical (unpaired) electrons. The molecule has 2 heterocycles. The van der Waals surface area contributed by atoms with E-state index in [0.29, 0.717) is 47.4 Å². The Balaban J connectivity index is 1.42. The molecule has 1 fully saturated rings. The summed E-state index contributed by atoms with van der Waals surface area (Å²) in [5, 5.41) is 10.9. The van der Waals surface area contributed by atoms with E-state index in [9.17, 15) is 9.59 Å². The van der Waals surface area contributed by atoms with Gasteiger partial charge < -0.3 is 15.5 Å². The van der Waals surface area contributed by atoms with Crippen LogP contribution in [-0.4, -0.2) is 53.1 Å². The molecular weight excluding hydrogens is 449 g/mol. The molecule has 0 aliphatic carbocycles. The van der Waals surface area contributed by atoms with Crippen molar-refractivity contribution in [2.45, 2.75) is 0 Å². The van der Waals surface area contributed by atoms with Gasteiger partial charge in [0.25, 0.3) is 5.91 Å². The Hall–Kier alpha value is -3.29. The SMILES string of the molecule is NC(=O)c1cc2c(N3CCN(C(=O)c4ccc(Cl)c(Cl)c4)CC3)n[nH]c2c2ccccc12. The van der Waals surface area contributed by atoms with Gasteiger partial charge in [-0.05, 0) is 29.7 Å². The van der Waals surface area contributed by atoms with Gasteiger partial charge in [-0.25, -0.2) is 0 Å². The summed E-state index contributed by atoms with van der Waals surface area (Å²) in [6.45, 7) is 2.27. The number of carbonyl (C=O) groups is 2. The molecule has 7 nitrogen and oxygen atoms in total. The molecule has 2 amide bonds. The van der Waals surface area contributed by atoms with Crippen molar-refractivity contribution < 1.29 is 9.59 Å². The molecule has 3 aromatic carbocycles. The number of fused-ring (bicyclic) bond motifs is 3. The number of rotatable bonds is 3. The van der Waals surface area contributed by atoms with Crippen LogP contribution in [0.3, 0.4) is 0 Å². The first-order valence-electron chi connectivity index (χ1n) is 10.1. The van der Waals surface area contributed by atoms with E-state index in [4.69, 9.17) is 28.9 Å². The fourth-order valence-electron chi connectivity index (χ4n) is 4.22. The molecule has 0 atom stereocenters. The highest BCUT2D eigenvalue weighted by molar-refractivity contribution is 6.42. The number of hydrogen-bond donors (Lipinski definition) is 2. The normalized spacial score (nSPS) is 14.3. The highest BCUT2D eigenvalue weighted by Gasteiger charge is 2.26. The van der Waals surface area contributed by atoms with Crippen LogP contribution in [0.5, 0.6) is 0 Å². The number of carbonyl (C=O) groups excluding carboxylic acids is 2. The fourth-order valence-corrected chi connectivity index (χ4v) is 4.52. The van der Waals surface area contributed by atoms with Crippen LogP contribution in [0.25, 0.3) is 21.7 Å². The number of halogens is 2. The number of aromatic nitrogens is 2. The number of benzene rings is 3. The van der Waals surface area contributed by atoms with Crippen molar-refractivity contribution >= 4 is 62.5 Å². The second-order valence-corrected chi connectivity index (χ2v) is 8.53. The number of primary amides is 1. The van der Waals surface area contributed by atoms with Gasteiger partial charge in [-0.15, -0.1) is 0 Å². The number of anilines is 1. The highest BCUT2D eigenvalue weighted by atomic mass is 35.5. The summed E-state index contributed by atoms with van der Waals surface area (Å²) < 4.78 is 0. The predicted octanol–water partition coefficient (Wildman–Crippen LogP) is 4.08. The number of nitrogens with one attached hydrogen (secondary N) is 1. The van der Waals surface area contributed by atoms with E-state index in [1.165, 1.54) is 0 Å². The van der Waals surface area contributed by atoms with E-state index in [1.807, 2.05) is 24.3 Å². The average molecular weight is 468 g/mol. The number of hydrogen-bond acceptors (Lipinski definition) is 4. The van der Waals surface area contributed by atoms with Gasteiger partial charge in [-0.3, -0.25) is 14.7 Å². The minimum atomic E-state index is -0.479. The molecule has 5 rings (SSSR count). The lowest BCUT2D eigenvalue weighted by Crippen LogP contribution is -2.49. The molecule has 0 spiro atoms. The molecule has 1 saturated heterocycles. The van der Waals surface area contributed by atoms with Gasteiger partial charge in [0.05, 0.1) is 15.6 Å². The van der Waals surface area contributed by atoms with Gasteiger partial charge in [0.15, 0.2) is 5.82 Å². The smallest absolute Gasteiger partial charge is 0.254 e. The van der Waals surface area contributed by atoms with Gasteiger partial charge in [-0.2, -0.15) is 5.10 Å². The van der Waals surface area contributed by atoms with E-state index in [2.05, 4.69) is 15.1 Å². The number of nitrogens with zero attached hydrogens (tertiary/aromatic N) is 3. The summed E-state index contributed by atoms with van der Waals surface area (Å²) in [4.78, 5) is 28.8. The summed E-state index contributed by atoms with van der Waals surface area (Å²) in [6.07, 6.45) is 0. The first kappa shape index (κ1) is 20.6. The standard InChI is InChI=1S/C23H19Cl2N5O2/c24-18-6-5-13(11-19(18)25)23(32)30-9-7-29(8-10-30)22-17-12-16(21(26)31)14-3-1-2-4-15(14)20(17)27-28-22/h1-6,11-12H,7-10H2,(H2,26,31)(H,27,28). The third-order valence-corrected chi connectivity index (χ3v) is 6.60. The van der Waals surface area contributed by atoms with Gasteiger partial charge in [0, 0.05) is 48.1 Å². The first-order valence-corrected chi connectivity index (χ1v) is 10.9. The number of nitrogens with two attached hydrogens (primary N) is 1. The molecule has 1 aliphatic heterocycles. The topological polar surface area (TPSA) is 95.3 Å². The Bertz CT molecular complexity index is 1380. The Labute approximate surface area is 193 Å². The number of aromatic amines is 1. The van der Waals surface area contributed by atoms with Crippen LogP contribution >= 0.6 is 23.2 Å². The molecule has 3 N–H and O–H groups in total. The lowest BCUT2D eigenvalue weighted by molar-refractivity contribution is 0.0746. The quantitative estimate of drug-likeness (QED) is 0.474. The minimum Gasteiger partial charge on any atom is -0.366 e. The van der Waals surface area contributed by atoms with Crippen LogP contribution in [0.2, 0.25) is 10.0 Å². The molecule has 4 aromatic rings. The van der Waals surface area contributed by atoms with Crippen LogP contribution in [0.4, 0.5) is 5.82 Å². The minimum absolute atomic E-state index is 0.0860. The summed E-state index contributed by atoms with van der Waals surface area (Å²) in [6, 6.07) is 14.3. The van der Waals surface area contributed by atoms with Crippen molar-refractivity contribution in [1.29, 1.82) is 0 Å². The van der Waals surface area contributed by atoms with E-state index in [1.54, 1.807) is 29.2 Å². The number of piperazine rings is 1. The summed E-state index contributed by atoms with van der Waals surface area (Å²) in [5.74, 6) is 0.180. The van der Waals surface area contributed by atoms with Gasteiger partial charge in [-0.1, -0.05) is 47.5 Å². The number of amides is 2. The third kappa shape index (κ3) is 3.43. The molecule has 9 heteroatoms. The largest absolute Gasteiger partial charge is 0.366 e. The summed E-state index contributed by atoms with van der Waals surface area (Å²) in [5.41, 5.74) is 7.48. The van der Waals surface area contributed by atoms with Crippen LogP contribution in [0.15, 0.2) is 48.5 Å². The van der Waals surface area contributed by atoms with Crippen LogP contribution < -0.4 is 10.6 Å². The Morgan fingerprint density at radius 3 is 2.31 bits per heavy atom. The summed E-state index contributed by atoms with van der Waals surface area (Å²) in [7, 11) is 0. The third-order valence-electron chi connectivity index (χ3n) is 5.86. The van der Waals surface area contributed by atoms with Crippen molar-refractivity contribution in [2.24, 2.45) is 5.73 Å². The zero-order valence-corrected chi connectivity index (χ0v) is 18.5. The fraction of sp³-hybridized carbons (Fsp3) is 0.174. The van der Waals surface area contributed by atoms with E-state index in [-0.39, 0.29) is 5.91 Å². The van der Waals surface area contributed by atoms with E-state index < -0.39 is 5.91 Å². The van der Waals surface area contributed by atoms with Crippen molar-refractivity contribution in [3.05, 3.63) is 69.7 Å². The van der Waals surface area contributed by atoms with Crippen molar-refractivity contribution in [3.8, 4) is 0 Å². The Kier molecular flexibility index (Phi) is 5.15. The van der Waals surface area contributed by atoms with Crippen molar-refractivity contribution in [3.63, 3.8) is 0 Å². The maximum absolute atomic E-state index is 12.9. The molecule has 1 aliphatic rings. The highest BCUT2D eigenvalue weighted by Crippen LogP contribution is 2.33. The summed E-state index contributed by atoms with van der Waals surface area (Å²) >= 11 is 12.0. The lowest BCUT2D eigenvalue weighted by Gasteiger charge is -2.35. The zero-order valence-electron chi connectivity index (χ0n) is 16.9. The average Bonchev–Trinajstić information content (AvgIpc) is 3.24. The second-order valence-electron chi connectivity index (χ2n) is 7.71. The predicted molar refractivity (Wildman–Crippen MR) is 127 cm³/mol. The molecule has 0 unspecified atom stereocenters. The number of H-pyrrole nitrogens is 1. The van der Waals surface area contributed by atoms with E-state index >= 15 is 0 Å². The zero-order chi connectivity index (χ0) is 22.4. The lowest BCUT2D eigenvalue weighted by atomic mass is 10.0. The first-order chi connectivity index (χ1) is 15.4. The van der Waals surface area contributed by atoms with Gasteiger partial charge in [0.1, 0.15) is 0 Å². The molecule has 0 bridgehead atoms.